The van der Waals surface area contributed by atoms with Gasteiger partial charge >= 0.3 is 0 Å². The van der Waals surface area contributed by atoms with E-state index in [0.717, 1.165) is 24.4 Å². The highest BCUT2D eigenvalue weighted by Crippen LogP contribution is 2.22. The summed E-state index contributed by atoms with van der Waals surface area (Å²) in [5, 5.41) is 1.82. The molecule has 0 radical (unpaired) electrons. The van der Waals surface area contributed by atoms with E-state index < -0.39 is 0 Å². The lowest BCUT2D eigenvalue weighted by atomic mass is 10.1. The fraction of sp³-hybridized carbons (Fsp3) is 0.182. The summed E-state index contributed by atoms with van der Waals surface area (Å²) >= 11 is 7.69. The Morgan fingerprint density at radius 3 is 2.71 bits per heavy atom. The maximum atomic E-state index is 13.1. The molecular weight excluding hydrogens is 392 g/mol. The maximum Gasteiger partial charge on any atom is 0.262 e. The van der Waals surface area contributed by atoms with Crippen molar-refractivity contribution in [2.45, 2.75) is 24.5 Å². The number of hydrogen-bond acceptors (Lipinski definition) is 4. The molecule has 0 unspecified atom stereocenters. The predicted molar refractivity (Wildman–Crippen MR) is 114 cm³/mol. The Balaban J connectivity index is 1.59. The highest BCUT2D eigenvalue weighted by atomic mass is 35.5. The zero-order valence-corrected chi connectivity index (χ0v) is 16.7. The predicted octanol–water partition coefficient (Wildman–Crippen LogP) is 5.42. The molecule has 0 amide bonds. The summed E-state index contributed by atoms with van der Waals surface area (Å²) in [6.07, 6.45) is 3.61. The monoisotopic (exact) mass is 410 g/mol. The van der Waals surface area contributed by atoms with E-state index in [4.69, 9.17) is 21.0 Å². The lowest BCUT2D eigenvalue weighted by Gasteiger charge is -2.12. The Labute approximate surface area is 172 Å². The molecule has 0 fully saturated rings. The minimum atomic E-state index is -0.0800. The van der Waals surface area contributed by atoms with E-state index in [1.807, 2.05) is 18.2 Å². The summed E-state index contributed by atoms with van der Waals surface area (Å²) in [4.78, 5) is 17.8. The lowest BCUT2D eigenvalue weighted by molar-refractivity contribution is 0.476. The normalized spacial score (nSPS) is 11.2. The van der Waals surface area contributed by atoms with Crippen LogP contribution in [0.15, 0.2) is 81.3 Å². The average Bonchev–Trinajstić information content (AvgIpc) is 3.22. The summed E-state index contributed by atoms with van der Waals surface area (Å²) in [7, 11) is 0. The van der Waals surface area contributed by atoms with Crippen molar-refractivity contribution in [2.75, 3.05) is 5.75 Å². The van der Waals surface area contributed by atoms with Gasteiger partial charge < -0.3 is 4.42 Å². The first-order valence-corrected chi connectivity index (χ1v) is 10.5. The van der Waals surface area contributed by atoms with Crippen molar-refractivity contribution >= 4 is 34.3 Å². The fourth-order valence-corrected chi connectivity index (χ4v) is 4.17. The molecule has 28 heavy (non-hydrogen) atoms. The average molecular weight is 411 g/mol. The molecule has 4 rings (SSSR count). The first-order chi connectivity index (χ1) is 13.7. The van der Waals surface area contributed by atoms with Gasteiger partial charge in [0, 0.05) is 10.8 Å². The first-order valence-electron chi connectivity index (χ1n) is 9.10. The summed E-state index contributed by atoms with van der Waals surface area (Å²) in [5.74, 6) is 1.59. The largest absolute Gasteiger partial charge is 0.467 e. The van der Waals surface area contributed by atoms with E-state index in [-0.39, 0.29) is 5.56 Å². The van der Waals surface area contributed by atoms with E-state index in [1.165, 1.54) is 5.56 Å². The Morgan fingerprint density at radius 2 is 1.93 bits per heavy atom. The second-order valence-corrected chi connectivity index (χ2v) is 7.96. The molecule has 0 atom stereocenters. The summed E-state index contributed by atoms with van der Waals surface area (Å²) in [6, 6.07) is 19.3. The highest BCUT2D eigenvalue weighted by Gasteiger charge is 2.13. The van der Waals surface area contributed by atoms with Gasteiger partial charge in [-0.1, -0.05) is 53.7 Å². The summed E-state index contributed by atoms with van der Waals surface area (Å²) in [5.41, 5.74) is 1.86. The van der Waals surface area contributed by atoms with E-state index in [2.05, 4.69) is 24.3 Å². The second kappa shape index (κ2) is 8.67. The summed E-state index contributed by atoms with van der Waals surface area (Å²) < 4.78 is 7.13. The number of fused-ring (bicyclic) bond motifs is 1. The molecule has 2 aromatic heterocycles. The number of furan rings is 1. The number of benzene rings is 2. The van der Waals surface area contributed by atoms with Gasteiger partial charge in [0.2, 0.25) is 0 Å². The van der Waals surface area contributed by atoms with Crippen LogP contribution in [0, 0.1) is 0 Å². The number of thioether (sulfide) groups is 1. The van der Waals surface area contributed by atoms with Gasteiger partial charge in [-0.15, -0.1) is 0 Å². The van der Waals surface area contributed by atoms with Crippen LogP contribution in [0.4, 0.5) is 0 Å². The topological polar surface area (TPSA) is 48.0 Å². The molecule has 0 saturated carbocycles. The van der Waals surface area contributed by atoms with Crippen LogP contribution in [0.2, 0.25) is 5.02 Å². The smallest absolute Gasteiger partial charge is 0.262 e. The third kappa shape index (κ3) is 4.32. The van der Waals surface area contributed by atoms with Gasteiger partial charge in [0.1, 0.15) is 5.76 Å². The lowest BCUT2D eigenvalue weighted by Crippen LogP contribution is -2.24. The number of aryl methyl sites for hydroxylation is 1. The van der Waals surface area contributed by atoms with Crippen LogP contribution in [0.1, 0.15) is 17.7 Å². The van der Waals surface area contributed by atoms with Crippen molar-refractivity contribution in [3.05, 3.63) is 93.6 Å². The van der Waals surface area contributed by atoms with E-state index >= 15 is 0 Å². The van der Waals surface area contributed by atoms with Crippen LogP contribution in [0.5, 0.6) is 0 Å². The van der Waals surface area contributed by atoms with E-state index in [1.54, 1.807) is 40.8 Å². The molecular formula is C22H19ClN2O2S. The Bertz CT molecular complexity index is 1120. The van der Waals surface area contributed by atoms with E-state index in [9.17, 15) is 4.79 Å². The summed E-state index contributed by atoms with van der Waals surface area (Å²) in [6.45, 7) is 0.360. The molecule has 0 spiro atoms. The van der Waals surface area contributed by atoms with Crippen LogP contribution in [-0.2, 0) is 13.0 Å². The van der Waals surface area contributed by atoms with Gasteiger partial charge in [-0.3, -0.25) is 9.36 Å². The molecule has 6 heteroatoms. The van der Waals surface area contributed by atoms with E-state index in [0.29, 0.717) is 27.6 Å². The molecule has 0 saturated heterocycles. The highest BCUT2D eigenvalue weighted by molar-refractivity contribution is 7.99. The minimum Gasteiger partial charge on any atom is -0.467 e. The number of hydrogen-bond donors (Lipinski definition) is 0. The maximum absolute atomic E-state index is 13.1. The third-order valence-corrected chi connectivity index (χ3v) is 5.76. The van der Waals surface area contributed by atoms with Crippen LogP contribution in [0.25, 0.3) is 10.9 Å². The van der Waals surface area contributed by atoms with Crippen molar-refractivity contribution in [2.24, 2.45) is 0 Å². The van der Waals surface area contributed by atoms with Crippen LogP contribution in [0.3, 0.4) is 0 Å². The van der Waals surface area contributed by atoms with Crippen molar-refractivity contribution in [3.63, 3.8) is 0 Å². The van der Waals surface area contributed by atoms with Crippen LogP contribution < -0.4 is 5.56 Å². The van der Waals surface area contributed by atoms with Gasteiger partial charge in [-0.2, -0.15) is 0 Å². The SMILES string of the molecule is O=c1c2ccc(Cl)cc2nc(SCCCc2ccccc2)n1Cc1ccco1. The zero-order chi connectivity index (χ0) is 19.3. The van der Waals surface area contributed by atoms with Crippen molar-refractivity contribution in [1.82, 2.24) is 9.55 Å². The van der Waals surface area contributed by atoms with Gasteiger partial charge in [-0.25, -0.2) is 4.98 Å². The molecule has 0 bridgehead atoms. The molecule has 0 aliphatic heterocycles. The fourth-order valence-electron chi connectivity index (χ4n) is 3.07. The number of rotatable bonds is 7. The van der Waals surface area contributed by atoms with Gasteiger partial charge in [-0.05, 0) is 48.7 Å². The molecule has 0 N–H and O–H groups in total. The van der Waals surface area contributed by atoms with Crippen LogP contribution >= 0.6 is 23.4 Å². The van der Waals surface area contributed by atoms with Gasteiger partial charge in [0.15, 0.2) is 5.16 Å². The van der Waals surface area contributed by atoms with Gasteiger partial charge in [0.25, 0.3) is 5.56 Å². The van der Waals surface area contributed by atoms with Crippen molar-refractivity contribution < 1.29 is 4.42 Å². The quantitative estimate of drug-likeness (QED) is 0.232. The van der Waals surface area contributed by atoms with Gasteiger partial charge in [0.05, 0.1) is 23.7 Å². The molecule has 4 nitrogen and oxygen atoms in total. The Kier molecular flexibility index (Phi) is 5.84. The minimum absolute atomic E-state index is 0.0800. The molecule has 2 aromatic carbocycles. The number of nitrogens with zero attached hydrogens (tertiary/aromatic N) is 2. The Hall–Kier alpha value is -2.50. The number of halogens is 1. The molecule has 2 heterocycles. The molecule has 0 aliphatic carbocycles. The second-order valence-electron chi connectivity index (χ2n) is 6.46. The first kappa shape index (κ1) is 18.8. The van der Waals surface area contributed by atoms with Crippen molar-refractivity contribution in [3.8, 4) is 0 Å². The standard InChI is InChI=1S/C22H19ClN2O2S/c23-17-10-11-19-20(14-17)24-22(25(21(19)26)15-18-9-4-12-27-18)28-13-5-8-16-6-2-1-3-7-16/h1-4,6-7,9-12,14H,5,8,13,15H2. The molecule has 4 aromatic rings. The zero-order valence-electron chi connectivity index (χ0n) is 15.2. The number of aromatic nitrogens is 2. The molecule has 0 aliphatic rings. The van der Waals surface area contributed by atoms with Crippen LogP contribution in [-0.4, -0.2) is 15.3 Å². The third-order valence-electron chi connectivity index (χ3n) is 4.46. The van der Waals surface area contributed by atoms with Crippen molar-refractivity contribution in [1.29, 1.82) is 0 Å². The Morgan fingerprint density at radius 1 is 1.07 bits per heavy atom. The molecule has 142 valence electrons.